The van der Waals surface area contributed by atoms with Gasteiger partial charge in [-0.15, -0.1) is 24.0 Å². The van der Waals surface area contributed by atoms with Crippen molar-refractivity contribution in [3.8, 4) is 0 Å². The molecule has 0 bridgehead atoms. The quantitative estimate of drug-likeness (QED) is 0.450. The number of aliphatic imine (C=N–C) groups is 1. The van der Waals surface area contributed by atoms with Gasteiger partial charge in [0.25, 0.3) is 0 Å². The molecule has 1 fully saturated rings. The molecule has 0 aromatic carbocycles. The summed E-state index contributed by atoms with van der Waals surface area (Å²) in [6, 6.07) is 1.88. The third kappa shape index (κ3) is 5.14. The van der Waals surface area contributed by atoms with E-state index in [1.54, 1.807) is 6.26 Å². The Morgan fingerprint density at radius 1 is 1.45 bits per heavy atom. The molecule has 1 aromatic heterocycles. The van der Waals surface area contributed by atoms with Crippen LogP contribution in [0, 0.1) is 11.3 Å². The van der Waals surface area contributed by atoms with Gasteiger partial charge in [0, 0.05) is 26.7 Å². The molecule has 0 aliphatic heterocycles. The van der Waals surface area contributed by atoms with Crippen molar-refractivity contribution in [2.45, 2.75) is 46.1 Å². The summed E-state index contributed by atoms with van der Waals surface area (Å²) in [6.45, 7) is 6.37. The van der Waals surface area contributed by atoms with Gasteiger partial charge >= 0.3 is 0 Å². The van der Waals surface area contributed by atoms with E-state index in [-0.39, 0.29) is 24.0 Å². The molecule has 0 spiro atoms. The van der Waals surface area contributed by atoms with E-state index in [2.05, 4.69) is 34.2 Å². The van der Waals surface area contributed by atoms with Gasteiger partial charge in [0.05, 0.1) is 6.54 Å². The second kappa shape index (κ2) is 8.74. The molecule has 0 saturated heterocycles. The van der Waals surface area contributed by atoms with Crippen LogP contribution in [-0.4, -0.2) is 36.7 Å². The Balaban J connectivity index is 0.00000242. The average Bonchev–Trinajstić information content (AvgIpc) is 3.12. The lowest BCUT2D eigenvalue weighted by atomic mass is 9.78. The van der Waals surface area contributed by atoms with Gasteiger partial charge in [0.1, 0.15) is 12.0 Å². The molecule has 1 saturated carbocycles. The van der Waals surface area contributed by atoms with Crippen molar-refractivity contribution in [1.29, 1.82) is 0 Å². The summed E-state index contributed by atoms with van der Waals surface area (Å²) in [6.07, 6.45) is 7.09. The predicted molar refractivity (Wildman–Crippen MR) is 100 cm³/mol. The summed E-state index contributed by atoms with van der Waals surface area (Å²) in [4.78, 5) is 6.44. The summed E-state index contributed by atoms with van der Waals surface area (Å²) in [5.74, 6) is 1.73. The highest BCUT2D eigenvalue weighted by molar-refractivity contribution is 14.0. The van der Waals surface area contributed by atoms with Crippen molar-refractivity contribution in [2.75, 3.05) is 20.6 Å². The standard InChI is InChI=1S/C16H28N4O.HI/c1-16(2,13-7-5-6-8-13)12-18-15(17-3)20(4)11-14-9-10-21-19-14;/h9-10,13H,5-8,11-12H2,1-4H3,(H,17,18);1H. The molecule has 126 valence electrons. The van der Waals surface area contributed by atoms with Gasteiger partial charge in [-0.1, -0.05) is 31.8 Å². The third-order valence-electron chi connectivity index (χ3n) is 4.63. The van der Waals surface area contributed by atoms with Crippen LogP contribution in [0.3, 0.4) is 0 Å². The first-order valence-electron chi connectivity index (χ1n) is 7.84. The molecule has 1 aromatic rings. The fourth-order valence-electron chi connectivity index (χ4n) is 3.18. The first-order chi connectivity index (χ1) is 10.0. The van der Waals surface area contributed by atoms with E-state index in [1.807, 2.05) is 20.2 Å². The first-order valence-corrected chi connectivity index (χ1v) is 7.84. The molecule has 1 N–H and O–H groups in total. The van der Waals surface area contributed by atoms with E-state index >= 15 is 0 Å². The topological polar surface area (TPSA) is 53.7 Å². The Kier molecular flexibility index (Phi) is 7.65. The molecular formula is C16H29IN4O. The largest absolute Gasteiger partial charge is 0.364 e. The van der Waals surface area contributed by atoms with Gasteiger partial charge in [-0.05, 0) is 24.2 Å². The number of hydrogen-bond donors (Lipinski definition) is 1. The third-order valence-corrected chi connectivity index (χ3v) is 4.63. The van der Waals surface area contributed by atoms with Crippen molar-refractivity contribution in [2.24, 2.45) is 16.3 Å². The van der Waals surface area contributed by atoms with E-state index in [0.29, 0.717) is 12.0 Å². The zero-order valence-corrected chi connectivity index (χ0v) is 16.5. The molecule has 0 unspecified atom stereocenters. The van der Waals surface area contributed by atoms with Gasteiger partial charge in [-0.25, -0.2) is 0 Å². The molecule has 5 nitrogen and oxygen atoms in total. The SMILES string of the molecule is CN=C(NCC(C)(C)C1CCCC1)N(C)Cc1ccon1.I. The van der Waals surface area contributed by atoms with Crippen LogP contribution >= 0.6 is 24.0 Å². The van der Waals surface area contributed by atoms with Gasteiger partial charge in [0.2, 0.25) is 0 Å². The number of guanidine groups is 1. The van der Waals surface area contributed by atoms with Gasteiger partial charge in [0.15, 0.2) is 5.96 Å². The van der Waals surface area contributed by atoms with E-state index < -0.39 is 0 Å². The second-order valence-electron chi connectivity index (χ2n) is 6.72. The van der Waals surface area contributed by atoms with Crippen molar-refractivity contribution in [3.63, 3.8) is 0 Å². The van der Waals surface area contributed by atoms with Gasteiger partial charge < -0.3 is 14.7 Å². The predicted octanol–water partition coefficient (Wildman–Crippen LogP) is 3.52. The molecule has 2 rings (SSSR count). The highest BCUT2D eigenvalue weighted by atomic mass is 127. The lowest BCUT2D eigenvalue weighted by Gasteiger charge is -2.33. The van der Waals surface area contributed by atoms with Crippen LogP contribution < -0.4 is 5.32 Å². The summed E-state index contributed by atoms with van der Waals surface area (Å²) in [5, 5.41) is 7.46. The van der Waals surface area contributed by atoms with E-state index in [1.165, 1.54) is 25.7 Å². The first kappa shape index (κ1) is 19.3. The van der Waals surface area contributed by atoms with Crippen LogP contribution in [0.25, 0.3) is 0 Å². The van der Waals surface area contributed by atoms with E-state index in [9.17, 15) is 0 Å². The Hall–Kier alpha value is -0.790. The zero-order chi connectivity index (χ0) is 15.3. The number of nitrogens with one attached hydrogen (secondary N) is 1. The lowest BCUT2D eigenvalue weighted by molar-refractivity contribution is 0.216. The second-order valence-corrected chi connectivity index (χ2v) is 6.72. The van der Waals surface area contributed by atoms with Crippen LogP contribution in [0.1, 0.15) is 45.2 Å². The molecule has 6 heteroatoms. The molecule has 1 heterocycles. The minimum atomic E-state index is 0. The Bertz CT molecular complexity index is 453. The van der Waals surface area contributed by atoms with Crippen LogP contribution in [0.2, 0.25) is 0 Å². The molecule has 0 radical (unpaired) electrons. The fraction of sp³-hybridized carbons (Fsp3) is 0.750. The number of halogens is 1. The van der Waals surface area contributed by atoms with Gasteiger partial charge in [-0.2, -0.15) is 0 Å². The summed E-state index contributed by atoms with van der Waals surface area (Å²) >= 11 is 0. The molecule has 0 amide bonds. The molecule has 1 aliphatic carbocycles. The normalized spacial score (nSPS) is 16.5. The Morgan fingerprint density at radius 2 is 2.14 bits per heavy atom. The van der Waals surface area contributed by atoms with Crippen LogP contribution in [0.5, 0.6) is 0 Å². The van der Waals surface area contributed by atoms with Crippen LogP contribution in [0.4, 0.5) is 0 Å². The van der Waals surface area contributed by atoms with E-state index in [0.717, 1.165) is 24.1 Å². The maximum atomic E-state index is 4.87. The van der Waals surface area contributed by atoms with Crippen molar-refractivity contribution >= 4 is 29.9 Å². The highest BCUT2D eigenvalue weighted by Crippen LogP contribution is 2.38. The summed E-state index contributed by atoms with van der Waals surface area (Å²) in [7, 11) is 3.84. The fourth-order valence-corrected chi connectivity index (χ4v) is 3.18. The number of hydrogen-bond acceptors (Lipinski definition) is 3. The summed E-state index contributed by atoms with van der Waals surface area (Å²) < 4.78 is 4.87. The number of aromatic nitrogens is 1. The molecule has 22 heavy (non-hydrogen) atoms. The van der Waals surface area contributed by atoms with Crippen LogP contribution in [-0.2, 0) is 6.54 Å². The molecule has 0 atom stereocenters. The van der Waals surface area contributed by atoms with Crippen molar-refractivity contribution in [1.82, 2.24) is 15.4 Å². The summed E-state index contributed by atoms with van der Waals surface area (Å²) in [5.41, 5.74) is 1.22. The smallest absolute Gasteiger partial charge is 0.193 e. The maximum absolute atomic E-state index is 4.87. The maximum Gasteiger partial charge on any atom is 0.193 e. The minimum absolute atomic E-state index is 0. The molecular weight excluding hydrogens is 391 g/mol. The van der Waals surface area contributed by atoms with Gasteiger partial charge in [-0.3, -0.25) is 4.99 Å². The lowest BCUT2D eigenvalue weighted by Crippen LogP contribution is -2.44. The minimum Gasteiger partial charge on any atom is -0.364 e. The monoisotopic (exact) mass is 420 g/mol. The average molecular weight is 420 g/mol. The Labute approximate surface area is 150 Å². The molecule has 1 aliphatic rings. The zero-order valence-electron chi connectivity index (χ0n) is 14.1. The van der Waals surface area contributed by atoms with Crippen LogP contribution in [0.15, 0.2) is 21.8 Å². The van der Waals surface area contributed by atoms with E-state index in [4.69, 9.17) is 4.52 Å². The number of nitrogens with zero attached hydrogens (tertiary/aromatic N) is 3. The number of rotatable bonds is 5. The Morgan fingerprint density at radius 3 is 2.68 bits per heavy atom. The highest BCUT2D eigenvalue weighted by Gasteiger charge is 2.31. The van der Waals surface area contributed by atoms with Crippen molar-refractivity contribution in [3.05, 3.63) is 18.0 Å². The van der Waals surface area contributed by atoms with Crippen molar-refractivity contribution < 1.29 is 4.52 Å².